The van der Waals surface area contributed by atoms with Crippen LogP contribution in [0.15, 0.2) is 11.9 Å². The molecular formula is C12H24N2O. The standard InChI is InChI=1S/C12H24N2O/c1-4-5-6-7-11(2)8-14-12(10-15)9-13-3/h9-11,13-14H,4-8H2,1-3H3/b12-9-. The van der Waals surface area contributed by atoms with Crippen molar-refractivity contribution in [3.8, 4) is 0 Å². The van der Waals surface area contributed by atoms with Crippen LogP contribution in [0.3, 0.4) is 0 Å². The molecule has 1 unspecified atom stereocenters. The fourth-order valence-electron chi connectivity index (χ4n) is 1.42. The monoisotopic (exact) mass is 212 g/mol. The summed E-state index contributed by atoms with van der Waals surface area (Å²) in [6.45, 7) is 5.30. The van der Waals surface area contributed by atoms with Gasteiger partial charge in [-0.25, -0.2) is 0 Å². The molecule has 0 radical (unpaired) electrons. The molecule has 0 saturated heterocycles. The molecule has 0 amide bonds. The Morgan fingerprint density at radius 3 is 2.67 bits per heavy atom. The first-order valence-corrected chi connectivity index (χ1v) is 5.81. The predicted molar refractivity (Wildman–Crippen MR) is 64.5 cm³/mol. The lowest BCUT2D eigenvalue weighted by atomic mass is 10.0. The third-order valence-electron chi connectivity index (χ3n) is 2.38. The summed E-state index contributed by atoms with van der Waals surface area (Å²) >= 11 is 0. The summed E-state index contributed by atoms with van der Waals surface area (Å²) in [4.78, 5) is 10.6. The average Bonchev–Trinajstić information content (AvgIpc) is 2.24. The fraction of sp³-hybridized carbons (Fsp3) is 0.750. The van der Waals surface area contributed by atoms with Gasteiger partial charge in [0.2, 0.25) is 0 Å². The lowest BCUT2D eigenvalue weighted by Crippen LogP contribution is -2.22. The molecule has 2 N–H and O–H groups in total. The van der Waals surface area contributed by atoms with Crippen LogP contribution < -0.4 is 10.6 Å². The van der Waals surface area contributed by atoms with Crippen molar-refractivity contribution >= 4 is 6.29 Å². The van der Waals surface area contributed by atoms with Gasteiger partial charge in [0, 0.05) is 19.8 Å². The van der Waals surface area contributed by atoms with E-state index in [0.29, 0.717) is 11.6 Å². The quantitative estimate of drug-likeness (QED) is 0.349. The van der Waals surface area contributed by atoms with Crippen LogP contribution in [0.25, 0.3) is 0 Å². The maximum Gasteiger partial charge on any atom is 0.167 e. The van der Waals surface area contributed by atoms with Crippen molar-refractivity contribution in [2.75, 3.05) is 13.6 Å². The molecule has 3 nitrogen and oxygen atoms in total. The Kier molecular flexibility index (Phi) is 8.93. The molecule has 0 aromatic rings. The highest BCUT2D eigenvalue weighted by molar-refractivity contribution is 5.71. The lowest BCUT2D eigenvalue weighted by Gasteiger charge is -2.12. The van der Waals surface area contributed by atoms with Crippen LogP contribution in [0.1, 0.15) is 39.5 Å². The topological polar surface area (TPSA) is 41.1 Å². The zero-order valence-electron chi connectivity index (χ0n) is 10.2. The van der Waals surface area contributed by atoms with Gasteiger partial charge < -0.3 is 10.6 Å². The molecule has 88 valence electrons. The van der Waals surface area contributed by atoms with E-state index < -0.39 is 0 Å². The van der Waals surface area contributed by atoms with Gasteiger partial charge in [-0.1, -0.05) is 33.1 Å². The highest BCUT2D eigenvalue weighted by Gasteiger charge is 2.02. The Hall–Kier alpha value is -0.990. The smallest absolute Gasteiger partial charge is 0.167 e. The third-order valence-corrected chi connectivity index (χ3v) is 2.38. The summed E-state index contributed by atoms with van der Waals surface area (Å²) in [5, 5.41) is 5.97. The number of aldehydes is 1. The minimum absolute atomic E-state index is 0.622. The molecule has 0 heterocycles. The molecule has 0 aromatic heterocycles. The first-order valence-electron chi connectivity index (χ1n) is 5.81. The molecule has 0 saturated carbocycles. The molecule has 0 aliphatic rings. The molecule has 0 aliphatic carbocycles. The van der Waals surface area contributed by atoms with Gasteiger partial charge in [0.15, 0.2) is 6.29 Å². The minimum atomic E-state index is 0.622. The summed E-state index contributed by atoms with van der Waals surface area (Å²) < 4.78 is 0. The number of nitrogens with one attached hydrogen (secondary N) is 2. The van der Waals surface area contributed by atoms with Gasteiger partial charge in [0.25, 0.3) is 0 Å². The van der Waals surface area contributed by atoms with Crippen molar-refractivity contribution in [3.63, 3.8) is 0 Å². The van der Waals surface area contributed by atoms with Crippen molar-refractivity contribution in [2.45, 2.75) is 39.5 Å². The van der Waals surface area contributed by atoms with Crippen LogP contribution in [-0.4, -0.2) is 19.9 Å². The number of unbranched alkanes of at least 4 members (excludes halogenated alkanes) is 2. The van der Waals surface area contributed by atoms with E-state index in [0.717, 1.165) is 12.8 Å². The number of carbonyl (C=O) groups excluding carboxylic acids is 1. The SMILES string of the molecule is CCCCCC(C)CN/C(C=O)=C\NC. The van der Waals surface area contributed by atoms with Crippen LogP contribution in [0, 0.1) is 5.92 Å². The van der Waals surface area contributed by atoms with Crippen molar-refractivity contribution in [3.05, 3.63) is 11.9 Å². The normalized spacial score (nSPS) is 13.4. The second-order valence-corrected chi connectivity index (χ2v) is 3.99. The summed E-state index contributed by atoms with van der Waals surface area (Å²) in [7, 11) is 1.79. The fourth-order valence-corrected chi connectivity index (χ4v) is 1.42. The molecule has 0 aromatic carbocycles. The Bertz CT molecular complexity index is 190. The van der Waals surface area contributed by atoms with E-state index in [2.05, 4.69) is 24.5 Å². The Morgan fingerprint density at radius 1 is 1.40 bits per heavy atom. The van der Waals surface area contributed by atoms with Crippen molar-refractivity contribution < 1.29 is 4.79 Å². The number of allylic oxidation sites excluding steroid dienone is 1. The van der Waals surface area contributed by atoms with E-state index in [4.69, 9.17) is 0 Å². The molecule has 15 heavy (non-hydrogen) atoms. The second kappa shape index (κ2) is 9.56. The predicted octanol–water partition coefficient (Wildman–Crippen LogP) is 2.05. The highest BCUT2D eigenvalue weighted by atomic mass is 16.1. The third kappa shape index (κ3) is 8.03. The Labute approximate surface area is 93.3 Å². The van der Waals surface area contributed by atoms with E-state index >= 15 is 0 Å². The molecule has 0 aliphatic heterocycles. The van der Waals surface area contributed by atoms with Crippen molar-refractivity contribution in [1.29, 1.82) is 0 Å². The molecule has 0 bridgehead atoms. The summed E-state index contributed by atoms with van der Waals surface area (Å²) in [5.41, 5.74) is 0.625. The molecule has 0 fully saturated rings. The number of hydrogen-bond acceptors (Lipinski definition) is 3. The molecule has 3 heteroatoms. The Balaban J connectivity index is 3.63. The van der Waals surface area contributed by atoms with Crippen LogP contribution in [0.2, 0.25) is 0 Å². The first kappa shape index (κ1) is 14.0. The van der Waals surface area contributed by atoms with E-state index in [1.807, 2.05) is 0 Å². The van der Waals surface area contributed by atoms with E-state index in [-0.39, 0.29) is 0 Å². The molecule has 1 atom stereocenters. The number of carbonyl (C=O) groups is 1. The van der Waals surface area contributed by atoms with E-state index in [1.165, 1.54) is 25.7 Å². The maximum absolute atomic E-state index is 10.6. The van der Waals surface area contributed by atoms with Crippen LogP contribution in [-0.2, 0) is 4.79 Å². The van der Waals surface area contributed by atoms with Crippen molar-refractivity contribution in [1.82, 2.24) is 10.6 Å². The average molecular weight is 212 g/mol. The highest BCUT2D eigenvalue weighted by Crippen LogP contribution is 2.08. The zero-order valence-corrected chi connectivity index (χ0v) is 10.2. The van der Waals surface area contributed by atoms with Gasteiger partial charge >= 0.3 is 0 Å². The van der Waals surface area contributed by atoms with E-state index in [9.17, 15) is 4.79 Å². The molecular weight excluding hydrogens is 188 g/mol. The van der Waals surface area contributed by atoms with Gasteiger partial charge in [-0.3, -0.25) is 4.79 Å². The van der Waals surface area contributed by atoms with Crippen LogP contribution in [0.4, 0.5) is 0 Å². The first-order chi connectivity index (χ1) is 7.24. The minimum Gasteiger partial charge on any atom is -0.392 e. The summed E-state index contributed by atoms with van der Waals surface area (Å²) in [6, 6.07) is 0. The van der Waals surface area contributed by atoms with Gasteiger partial charge in [-0.2, -0.15) is 0 Å². The Morgan fingerprint density at radius 2 is 2.13 bits per heavy atom. The van der Waals surface area contributed by atoms with Crippen LogP contribution in [0.5, 0.6) is 0 Å². The molecule has 0 spiro atoms. The zero-order chi connectivity index (χ0) is 11.5. The second-order valence-electron chi connectivity index (χ2n) is 3.99. The van der Waals surface area contributed by atoms with Crippen LogP contribution >= 0.6 is 0 Å². The lowest BCUT2D eigenvalue weighted by molar-refractivity contribution is -0.105. The number of rotatable bonds is 9. The summed E-state index contributed by atoms with van der Waals surface area (Å²) in [5.74, 6) is 0.622. The molecule has 0 rings (SSSR count). The van der Waals surface area contributed by atoms with Gasteiger partial charge in [0.05, 0.1) is 5.70 Å². The van der Waals surface area contributed by atoms with Gasteiger partial charge in [-0.15, -0.1) is 0 Å². The largest absolute Gasteiger partial charge is 0.392 e. The van der Waals surface area contributed by atoms with Gasteiger partial charge in [-0.05, 0) is 12.3 Å². The maximum atomic E-state index is 10.6. The van der Waals surface area contributed by atoms with Crippen molar-refractivity contribution in [2.24, 2.45) is 5.92 Å². The summed E-state index contributed by atoms with van der Waals surface area (Å²) in [6.07, 6.45) is 7.61. The number of hydrogen-bond donors (Lipinski definition) is 2. The van der Waals surface area contributed by atoms with Gasteiger partial charge in [0.1, 0.15) is 0 Å². The van der Waals surface area contributed by atoms with E-state index in [1.54, 1.807) is 13.2 Å².